The van der Waals surface area contributed by atoms with Crippen LogP contribution in [0.3, 0.4) is 0 Å². The first-order chi connectivity index (χ1) is 11.3. The molecule has 1 amide bonds. The molecule has 1 atom stereocenters. The van der Waals surface area contributed by atoms with E-state index in [2.05, 4.69) is 5.32 Å². The van der Waals surface area contributed by atoms with E-state index in [4.69, 9.17) is 5.14 Å². The van der Waals surface area contributed by atoms with Crippen LogP contribution in [0.4, 0.5) is 0 Å². The summed E-state index contributed by atoms with van der Waals surface area (Å²) in [6, 6.07) is 14.1. The molecule has 0 aliphatic rings. The molecule has 0 aromatic heterocycles. The van der Waals surface area contributed by atoms with E-state index in [1.165, 1.54) is 17.7 Å². The predicted octanol–water partition coefficient (Wildman–Crippen LogP) is 2.45. The number of nitrogens with one attached hydrogen (secondary N) is 1. The summed E-state index contributed by atoms with van der Waals surface area (Å²) in [6.45, 7) is 3.88. The van der Waals surface area contributed by atoms with Gasteiger partial charge in [0.05, 0.1) is 10.9 Å². The van der Waals surface area contributed by atoms with Gasteiger partial charge in [-0.2, -0.15) is 0 Å². The molecule has 6 heteroatoms. The van der Waals surface area contributed by atoms with Crippen LogP contribution in [0.2, 0.25) is 0 Å². The lowest BCUT2D eigenvalue weighted by atomic mass is 10.1. The second-order valence-corrected chi connectivity index (χ2v) is 7.45. The van der Waals surface area contributed by atoms with Crippen LogP contribution in [-0.2, 0) is 21.2 Å². The monoisotopic (exact) mass is 346 g/mol. The van der Waals surface area contributed by atoms with Crippen LogP contribution in [0.15, 0.2) is 53.4 Å². The minimum absolute atomic E-state index is 0.0430. The number of rotatable bonds is 6. The molecule has 5 nitrogen and oxygen atoms in total. The van der Waals surface area contributed by atoms with Gasteiger partial charge in [0.15, 0.2) is 0 Å². The number of hydrogen-bond donors (Lipinski definition) is 2. The largest absolute Gasteiger partial charge is 0.350 e. The SMILES string of the molecule is Cc1ccc(CCC(=O)N[C@H](C)c2ccc(S(N)(=O)=O)cc2)cc1. The van der Waals surface area contributed by atoms with Crippen molar-refractivity contribution in [2.75, 3.05) is 0 Å². The number of primary sulfonamides is 1. The lowest BCUT2D eigenvalue weighted by Crippen LogP contribution is -2.26. The molecule has 0 aliphatic carbocycles. The van der Waals surface area contributed by atoms with Gasteiger partial charge in [0.25, 0.3) is 0 Å². The molecule has 128 valence electrons. The fourth-order valence-electron chi connectivity index (χ4n) is 2.36. The number of carbonyl (C=O) groups excluding carboxylic acids is 1. The number of carbonyl (C=O) groups is 1. The maximum Gasteiger partial charge on any atom is 0.238 e. The number of hydrogen-bond acceptors (Lipinski definition) is 3. The van der Waals surface area contributed by atoms with Gasteiger partial charge in [-0.15, -0.1) is 0 Å². The van der Waals surface area contributed by atoms with Gasteiger partial charge in [-0.05, 0) is 43.5 Å². The minimum atomic E-state index is -3.70. The molecule has 0 aliphatic heterocycles. The highest BCUT2D eigenvalue weighted by atomic mass is 32.2. The Morgan fingerprint density at radius 2 is 1.67 bits per heavy atom. The van der Waals surface area contributed by atoms with E-state index < -0.39 is 10.0 Å². The van der Waals surface area contributed by atoms with E-state index in [0.717, 1.165) is 11.1 Å². The van der Waals surface area contributed by atoms with Crippen LogP contribution in [0.25, 0.3) is 0 Å². The predicted molar refractivity (Wildman–Crippen MR) is 93.9 cm³/mol. The van der Waals surface area contributed by atoms with Crippen LogP contribution < -0.4 is 10.5 Å². The second kappa shape index (κ2) is 7.59. The Labute approximate surface area is 142 Å². The van der Waals surface area contributed by atoms with Gasteiger partial charge in [-0.3, -0.25) is 4.79 Å². The van der Waals surface area contributed by atoms with Crippen molar-refractivity contribution in [1.82, 2.24) is 5.32 Å². The Morgan fingerprint density at radius 1 is 1.08 bits per heavy atom. The first-order valence-corrected chi connectivity index (χ1v) is 9.28. The van der Waals surface area contributed by atoms with Crippen LogP contribution >= 0.6 is 0 Å². The Hall–Kier alpha value is -2.18. The zero-order valence-corrected chi connectivity index (χ0v) is 14.6. The first-order valence-electron chi connectivity index (χ1n) is 7.73. The summed E-state index contributed by atoms with van der Waals surface area (Å²) in [4.78, 5) is 12.1. The minimum Gasteiger partial charge on any atom is -0.350 e. The van der Waals surface area contributed by atoms with Crippen molar-refractivity contribution in [3.8, 4) is 0 Å². The molecule has 24 heavy (non-hydrogen) atoms. The highest BCUT2D eigenvalue weighted by molar-refractivity contribution is 7.89. The van der Waals surface area contributed by atoms with E-state index in [1.807, 2.05) is 38.1 Å². The first kappa shape index (κ1) is 18.2. The lowest BCUT2D eigenvalue weighted by Gasteiger charge is -2.15. The van der Waals surface area contributed by atoms with Crippen molar-refractivity contribution in [2.24, 2.45) is 5.14 Å². The fourth-order valence-corrected chi connectivity index (χ4v) is 2.87. The van der Waals surface area contributed by atoms with Gasteiger partial charge in [0.2, 0.25) is 15.9 Å². The van der Waals surface area contributed by atoms with Crippen molar-refractivity contribution >= 4 is 15.9 Å². The highest BCUT2D eigenvalue weighted by Crippen LogP contribution is 2.16. The molecule has 0 bridgehead atoms. The molecule has 0 spiro atoms. The summed E-state index contributed by atoms with van der Waals surface area (Å²) >= 11 is 0. The third kappa shape index (κ3) is 5.18. The maximum absolute atomic E-state index is 12.1. The summed E-state index contributed by atoms with van der Waals surface area (Å²) in [7, 11) is -3.70. The molecule has 0 fully saturated rings. The molecular weight excluding hydrogens is 324 g/mol. The Morgan fingerprint density at radius 3 is 2.21 bits per heavy atom. The smallest absolute Gasteiger partial charge is 0.238 e. The van der Waals surface area contributed by atoms with Crippen molar-refractivity contribution in [2.45, 2.75) is 37.6 Å². The molecule has 0 heterocycles. The average molecular weight is 346 g/mol. The molecule has 0 saturated heterocycles. The Kier molecular flexibility index (Phi) is 5.75. The lowest BCUT2D eigenvalue weighted by molar-refractivity contribution is -0.121. The molecular formula is C18H22N2O3S. The van der Waals surface area contributed by atoms with E-state index in [9.17, 15) is 13.2 Å². The third-order valence-corrected chi connectivity index (χ3v) is 4.78. The molecule has 3 N–H and O–H groups in total. The molecule has 2 aromatic rings. The van der Waals surface area contributed by atoms with Crippen LogP contribution in [0.5, 0.6) is 0 Å². The van der Waals surface area contributed by atoms with E-state index in [1.54, 1.807) is 12.1 Å². The van der Waals surface area contributed by atoms with Crippen LogP contribution in [0.1, 0.15) is 36.1 Å². The summed E-state index contributed by atoms with van der Waals surface area (Å²) in [5, 5.41) is 7.99. The average Bonchev–Trinajstić information content (AvgIpc) is 2.53. The van der Waals surface area contributed by atoms with Crippen molar-refractivity contribution in [1.29, 1.82) is 0 Å². The molecule has 2 aromatic carbocycles. The number of amides is 1. The van der Waals surface area contributed by atoms with E-state index in [0.29, 0.717) is 12.8 Å². The third-order valence-electron chi connectivity index (χ3n) is 3.85. The van der Waals surface area contributed by atoms with Gasteiger partial charge < -0.3 is 5.32 Å². The van der Waals surface area contributed by atoms with E-state index >= 15 is 0 Å². The zero-order chi connectivity index (χ0) is 17.7. The Balaban J connectivity index is 1.90. The second-order valence-electron chi connectivity index (χ2n) is 5.89. The normalized spacial score (nSPS) is 12.6. The van der Waals surface area contributed by atoms with Gasteiger partial charge in [-0.25, -0.2) is 13.6 Å². The van der Waals surface area contributed by atoms with Gasteiger partial charge in [-0.1, -0.05) is 42.0 Å². The number of benzene rings is 2. The van der Waals surface area contributed by atoms with Crippen molar-refractivity contribution in [3.63, 3.8) is 0 Å². The van der Waals surface area contributed by atoms with Gasteiger partial charge in [0.1, 0.15) is 0 Å². The van der Waals surface area contributed by atoms with Crippen LogP contribution in [-0.4, -0.2) is 14.3 Å². The van der Waals surface area contributed by atoms with Crippen LogP contribution in [0, 0.1) is 6.92 Å². The molecule has 0 radical (unpaired) electrons. The Bertz CT molecular complexity index is 797. The van der Waals surface area contributed by atoms with E-state index in [-0.39, 0.29) is 16.8 Å². The summed E-state index contributed by atoms with van der Waals surface area (Å²) < 4.78 is 22.5. The number of nitrogens with two attached hydrogens (primary N) is 1. The fraction of sp³-hybridized carbons (Fsp3) is 0.278. The summed E-state index contributed by atoms with van der Waals surface area (Å²) in [5.74, 6) is -0.0430. The molecule has 0 saturated carbocycles. The number of aryl methyl sites for hydroxylation is 2. The zero-order valence-electron chi connectivity index (χ0n) is 13.8. The standard InChI is InChI=1S/C18H22N2O3S/c1-13-3-5-15(6-4-13)7-12-18(21)20-14(2)16-8-10-17(11-9-16)24(19,22)23/h3-6,8-11,14H,7,12H2,1-2H3,(H,20,21)(H2,19,22,23)/t14-/m1/s1. The summed E-state index contributed by atoms with van der Waals surface area (Å²) in [6.07, 6.45) is 1.09. The van der Waals surface area contributed by atoms with Crippen molar-refractivity contribution < 1.29 is 13.2 Å². The molecule has 0 unspecified atom stereocenters. The van der Waals surface area contributed by atoms with Crippen molar-refractivity contribution in [3.05, 3.63) is 65.2 Å². The molecule has 2 rings (SSSR count). The summed E-state index contributed by atoms with van der Waals surface area (Å²) in [5.41, 5.74) is 3.15. The quantitative estimate of drug-likeness (QED) is 0.842. The topological polar surface area (TPSA) is 89.3 Å². The maximum atomic E-state index is 12.1. The van der Waals surface area contributed by atoms with Gasteiger partial charge >= 0.3 is 0 Å². The highest BCUT2D eigenvalue weighted by Gasteiger charge is 2.12. The number of sulfonamides is 1. The van der Waals surface area contributed by atoms with Gasteiger partial charge in [0, 0.05) is 6.42 Å².